The highest BCUT2D eigenvalue weighted by atomic mass is 15.0. The minimum atomic E-state index is 0.494. The molecule has 2 saturated carbocycles. The summed E-state index contributed by atoms with van der Waals surface area (Å²) in [7, 11) is 0. The molecule has 2 fully saturated rings. The van der Waals surface area contributed by atoms with Crippen LogP contribution in [0.15, 0.2) is 0 Å². The van der Waals surface area contributed by atoms with Crippen molar-refractivity contribution in [3.63, 3.8) is 0 Å². The van der Waals surface area contributed by atoms with Gasteiger partial charge in [-0.15, -0.1) is 0 Å². The summed E-state index contributed by atoms with van der Waals surface area (Å²) < 4.78 is 0. The number of rotatable bonds is 5. The quantitative estimate of drug-likeness (QED) is 0.789. The van der Waals surface area contributed by atoms with E-state index in [1.165, 1.54) is 19.3 Å². The molecule has 2 rings (SSSR count). The van der Waals surface area contributed by atoms with E-state index in [4.69, 9.17) is 5.73 Å². The average Bonchev–Trinajstić information content (AvgIpc) is 2.62. The molecule has 0 amide bonds. The topological polar surface area (TPSA) is 38.0 Å². The lowest BCUT2D eigenvalue weighted by atomic mass is 9.69. The lowest BCUT2D eigenvalue weighted by molar-refractivity contribution is 0.117. The van der Waals surface area contributed by atoms with Crippen LogP contribution in [0.5, 0.6) is 0 Å². The van der Waals surface area contributed by atoms with Gasteiger partial charge in [0.15, 0.2) is 0 Å². The fraction of sp³-hybridized carbons (Fsp3) is 1.00. The van der Waals surface area contributed by atoms with E-state index >= 15 is 0 Å². The molecule has 2 heteroatoms. The van der Waals surface area contributed by atoms with E-state index < -0.39 is 0 Å². The lowest BCUT2D eigenvalue weighted by Gasteiger charge is -2.40. The molecule has 3 N–H and O–H groups in total. The first-order valence-electron chi connectivity index (χ1n) is 7.76. The van der Waals surface area contributed by atoms with Gasteiger partial charge in [0, 0.05) is 6.04 Å². The molecule has 0 aromatic carbocycles. The van der Waals surface area contributed by atoms with Crippen molar-refractivity contribution in [2.24, 2.45) is 34.3 Å². The highest BCUT2D eigenvalue weighted by Crippen LogP contribution is 2.65. The third-order valence-electron chi connectivity index (χ3n) is 6.67. The van der Waals surface area contributed by atoms with Crippen LogP contribution in [0, 0.1) is 28.6 Å². The maximum absolute atomic E-state index is 5.88. The molecule has 4 unspecified atom stereocenters. The summed E-state index contributed by atoms with van der Waals surface area (Å²) in [6.45, 7) is 13.9. The number of hydrogen-bond donors (Lipinski definition) is 2. The Morgan fingerprint density at radius 2 is 1.94 bits per heavy atom. The molecule has 0 heterocycles. The maximum Gasteiger partial charge on any atom is 0.0129 e. The molecule has 2 nitrogen and oxygen atoms in total. The fourth-order valence-electron chi connectivity index (χ4n) is 4.40. The summed E-state index contributed by atoms with van der Waals surface area (Å²) in [4.78, 5) is 0. The molecule has 0 aromatic rings. The molecular formula is C16H32N2. The fourth-order valence-corrected chi connectivity index (χ4v) is 4.40. The molecular weight excluding hydrogens is 220 g/mol. The summed E-state index contributed by atoms with van der Waals surface area (Å²) in [5.74, 6) is 2.23. The van der Waals surface area contributed by atoms with Crippen molar-refractivity contribution in [1.82, 2.24) is 5.32 Å². The molecule has 2 bridgehead atoms. The second kappa shape index (κ2) is 4.79. The monoisotopic (exact) mass is 252 g/mol. The first kappa shape index (κ1) is 14.3. The summed E-state index contributed by atoms with van der Waals surface area (Å²) in [6, 6.07) is 0.707. The van der Waals surface area contributed by atoms with E-state index in [9.17, 15) is 0 Å². The van der Waals surface area contributed by atoms with Gasteiger partial charge in [-0.05, 0) is 60.9 Å². The van der Waals surface area contributed by atoms with Crippen molar-refractivity contribution in [1.29, 1.82) is 0 Å². The van der Waals surface area contributed by atoms with Gasteiger partial charge in [0.2, 0.25) is 0 Å². The van der Waals surface area contributed by atoms with E-state index in [0.717, 1.165) is 19.0 Å². The van der Waals surface area contributed by atoms with Gasteiger partial charge in [0.25, 0.3) is 0 Å². The Balaban J connectivity index is 1.97. The molecule has 2 aliphatic rings. The van der Waals surface area contributed by atoms with Gasteiger partial charge in [-0.25, -0.2) is 0 Å². The zero-order chi connectivity index (χ0) is 13.6. The molecule has 0 radical (unpaired) electrons. The smallest absolute Gasteiger partial charge is 0.0129 e. The maximum atomic E-state index is 5.88. The van der Waals surface area contributed by atoms with Gasteiger partial charge in [0.1, 0.15) is 0 Å². The SMILES string of the molecule is CC(C)C(CN)CNC1CC2CCC1(C)C2(C)C. The highest BCUT2D eigenvalue weighted by Gasteiger charge is 2.60. The minimum absolute atomic E-state index is 0.494. The van der Waals surface area contributed by atoms with Crippen LogP contribution < -0.4 is 11.1 Å². The first-order valence-corrected chi connectivity index (χ1v) is 7.76. The first-order chi connectivity index (χ1) is 8.33. The summed E-state index contributed by atoms with van der Waals surface area (Å²) in [6.07, 6.45) is 4.21. The minimum Gasteiger partial charge on any atom is -0.330 e. The lowest BCUT2D eigenvalue weighted by Crippen LogP contribution is -2.47. The molecule has 0 aromatic heterocycles. The third kappa shape index (κ3) is 2.02. The molecule has 0 spiro atoms. The molecule has 4 atom stereocenters. The summed E-state index contributed by atoms with van der Waals surface area (Å²) >= 11 is 0. The van der Waals surface area contributed by atoms with Crippen LogP contribution in [0.3, 0.4) is 0 Å². The van der Waals surface area contributed by atoms with Gasteiger partial charge >= 0.3 is 0 Å². The second-order valence-corrected chi connectivity index (χ2v) is 7.81. The Bertz CT molecular complexity index is 297. The second-order valence-electron chi connectivity index (χ2n) is 7.81. The molecule has 18 heavy (non-hydrogen) atoms. The van der Waals surface area contributed by atoms with Crippen molar-refractivity contribution in [2.75, 3.05) is 13.1 Å². The summed E-state index contributed by atoms with van der Waals surface area (Å²) in [5, 5.41) is 3.86. The van der Waals surface area contributed by atoms with Crippen LogP contribution in [0.1, 0.15) is 53.9 Å². The Kier molecular flexibility index (Phi) is 3.81. The number of nitrogens with one attached hydrogen (secondary N) is 1. The highest BCUT2D eigenvalue weighted by molar-refractivity contribution is 5.13. The van der Waals surface area contributed by atoms with Crippen molar-refractivity contribution in [2.45, 2.75) is 59.9 Å². The zero-order valence-corrected chi connectivity index (χ0v) is 12.9. The van der Waals surface area contributed by atoms with E-state index in [0.29, 0.717) is 28.7 Å². The molecule has 106 valence electrons. The normalized spacial score (nSPS) is 39.5. The number of nitrogens with two attached hydrogens (primary N) is 1. The third-order valence-corrected chi connectivity index (χ3v) is 6.67. The predicted octanol–water partition coefficient (Wildman–Crippen LogP) is 3.02. The van der Waals surface area contributed by atoms with Crippen molar-refractivity contribution in [3.8, 4) is 0 Å². The van der Waals surface area contributed by atoms with Crippen LogP contribution in [-0.4, -0.2) is 19.1 Å². The Morgan fingerprint density at radius 3 is 2.33 bits per heavy atom. The van der Waals surface area contributed by atoms with Gasteiger partial charge in [-0.3, -0.25) is 0 Å². The van der Waals surface area contributed by atoms with Crippen LogP contribution in [0.2, 0.25) is 0 Å². The Labute approximate surface area is 113 Å². The van der Waals surface area contributed by atoms with Crippen LogP contribution in [0.25, 0.3) is 0 Å². The largest absolute Gasteiger partial charge is 0.330 e. The van der Waals surface area contributed by atoms with E-state index in [1.807, 2.05) is 0 Å². The predicted molar refractivity (Wildman–Crippen MR) is 78.4 cm³/mol. The number of hydrogen-bond acceptors (Lipinski definition) is 2. The van der Waals surface area contributed by atoms with Gasteiger partial charge in [0.05, 0.1) is 0 Å². The van der Waals surface area contributed by atoms with Crippen LogP contribution >= 0.6 is 0 Å². The molecule has 0 saturated heterocycles. The van der Waals surface area contributed by atoms with E-state index in [-0.39, 0.29) is 0 Å². The number of fused-ring (bicyclic) bond motifs is 2. The van der Waals surface area contributed by atoms with E-state index in [2.05, 4.69) is 39.9 Å². The van der Waals surface area contributed by atoms with Gasteiger partial charge < -0.3 is 11.1 Å². The van der Waals surface area contributed by atoms with Crippen LogP contribution in [-0.2, 0) is 0 Å². The summed E-state index contributed by atoms with van der Waals surface area (Å²) in [5.41, 5.74) is 6.89. The zero-order valence-electron chi connectivity index (χ0n) is 12.9. The average molecular weight is 252 g/mol. The Morgan fingerprint density at radius 1 is 1.28 bits per heavy atom. The Hall–Kier alpha value is -0.0800. The van der Waals surface area contributed by atoms with Crippen molar-refractivity contribution >= 4 is 0 Å². The van der Waals surface area contributed by atoms with Crippen LogP contribution in [0.4, 0.5) is 0 Å². The van der Waals surface area contributed by atoms with Crippen molar-refractivity contribution in [3.05, 3.63) is 0 Å². The molecule has 0 aliphatic heterocycles. The van der Waals surface area contributed by atoms with E-state index in [1.54, 1.807) is 0 Å². The van der Waals surface area contributed by atoms with Gasteiger partial charge in [-0.2, -0.15) is 0 Å². The standard InChI is InChI=1S/C16H32N2/c1-11(2)12(9-17)10-18-14-8-13-6-7-16(14,5)15(13,3)4/h11-14,18H,6-10,17H2,1-5H3. The van der Waals surface area contributed by atoms with Crippen molar-refractivity contribution < 1.29 is 0 Å². The van der Waals surface area contributed by atoms with Gasteiger partial charge in [-0.1, -0.05) is 34.6 Å². The molecule has 2 aliphatic carbocycles.